The van der Waals surface area contributed by atoms with Crippen LogP contribution in [0.3, 0.4) is 0 Å². The molecule has 0 bridgehead atoms. The SMILES string of the molecule is CCC1CS(=O)(=O)c2cc(C)cc(Cl)c2N1. The molecular formula is C11H14ClNO2S. The van der Waals surface area contributed by atoms with Crippen LogP contribution in [0.2, 0.25) is 5.02 Å². The molecule has 16 heavy (non-hydrogen) atoms. The summed E-state index contributed by atoms with van der Waals surface area (Å²) < 4.78 is 24.1. The monoisotopic (exact) mass is 259 g/mol. The Hall–Kier alpha value is -0.740. The van der Waals surface area contributed by atoms with Gasteiger partial charge in [0.25, 0.3) is 0 Å². The molecule has 1 unspecified atom stereocenters. The Morgan fingerprint density at radius 3 is 2.81 bits per heavy atom. The third-order valence-electron chi connectivity index (χ3n) is 2.80. The highest BCUT2D eigenvalue weighted by Gasteiger charge is 2.30. The fourth-order valence-corrected chi connectivity index (χ4v) is 4.17. The molecule has 1 aliphatic rings. The zero-order valence-electron chi connectivity index (χ0n) is 9.25. The molecular weight excluding hydrogens is 246 g/mol. The second-order valence-corrected chi connectivity index (χ2v) is 6.56. The number of fused-ring (bicyclic) bond motifs is 1. The second-order valence-electron chi connectivity index (χ2n) is 4.15. The van der Waals surface area contributed by atoms with Crippen LogP contribution in [0.1, 0.15) is 18.9 Å². The van der Waals surface area contributed by atoms with Gasteiger partial charge in [0.05, 0.1) is 21.4 Å². The molecule has 0 saturated heterocycles. The summed E-state index contributed by atoms with van der Waals surface area (Å²) in [5.41, 5.74) is 1.43. The molecule has 0 radical (unpaired) electrons. The van der Waals surface area contributed by atoms with Crippen LogP contribution in [0, 0.1) is 6.92 Å². The van der Waals surface area contributed by atoms with Crippen molar-refractivity contribution in [3.05, 3.63) is 22.7 Å². The van der Waals surface area contributed by atoms with Gasteiger partial charge in [-0.05, 0) is 31.0 Å². The summed E-state index contributed by atoms with van der Waals surface area (Å²) in [5, 5.41) is 3.67. The zero-order valence-corrected chi connectivity index (χ0v) is 10.8. The number of halogens is 1. The van der Waals surface area contributed by atoms with Gasteiger partial charge in [0.1, 0.15) is 0 Å². The van der Waals surface area contributed by atoms with Crippen molar-refractivity contribution in [1.82, 2.24) is 0 Å². The quantitative estimate of drug-likeness (QED) is 0.843. The number of aryl methyl sites for hydroxylation is 1. The maximum Gasteiger partial charge on any atom is 0.182 e. The van der Waals surface area contributed by atoms with Gasteiger partial charge in [0.2, 0.25) is 0 Å². The summed E-state index contributed by atoms with van der Waals surface area (Å²) >= 11 is 6.07. The van der Waals surface area contributed by atoms with E-state index in [0.717, 1.165) is 12.0 Å². The molecule has 1 aromatic rings. The highest BCUT2D eigenvalue weighted by molar-refractivity contribution is 7.91. The molecule has 0 spiro atoms. The zero-order chi connectivity index (χ0) is 11.9. The molecule has 5 heteroatoms. The van der Waals surface area contributed by atoms with Crippen molar-refractivity contribution >= 4 is 27.1 Å². The van der Waals surface area contributed by atoms with Crippen molar-refractivity contribution in [2.75, 3.05) is 11.1 Å². The van der Waals surface area contributed by atoms with Gasteiger partial charge in [0.15, 0.2) is 9.84 Å². The Labute approximate surface area is 101 Å². The van der Waals surface area contributed by atoms with Crippen LogP contribution in [0.4, 0.5) is 5.69 Å². The van der Waals surface area contributed by atoms with Gasteiger partial charge in [0, 0.05) is 6.04 Å². The van der Waals surface area contributed by atoms with Crippen molar-refractivity contribution in [3.8, 4) is 0 Å². The summed E-state index contributed by atoms with van der Waals surface area (Å²) in [6.45, 7) is 3.80. The van der Waals surface area contributed by atoms with E-state index >= 15 is 0 Å². The molecule has 1 N–H and O–H groups in total. The Bertz CT molecular complexity index is 525. The molecule has 0 aromatic heterocycles. The number of hydrogen-bond acceptors (Lipinski definition) is 3. The first-order valence-corrected chi connectivity index (χ1v) is 7.26. The van der Waals surface area contributed by atoms with Gasteiger partial charge in [-0.3, -0.25) is 0 Å². The Kier molecular flexibility index (Phi) is 2.88. The third-order valence-corrected chi connectivity index (χ3v) is 4.93. The average Bonchev–Trinajstić information content (AvgIpc) is 2.18. The number of rotatable bonds is 1. The molecule has 1 heterocycles. The minimum atomic E-state index is -3.20. The first-order valence-electron chi connectivity index (χ1n) is 5.23. The highest BCUT2D eigenvalue weighted by atomic mass is 35.5. The van der Waals surface area contributed by atoms with Crippen molar-refractivity contribution in [2.24, 2.45) is 0 Å². The van der Waals surface area contributed by atoms with E-state index in [2.05, 4.69) is 5.32 Å². The average molecular weight is 260 g/mol. The lowest BCUT2D eigenvalue weighted by Gasteiger charge is -2.27. The smallest absolute Gasteiger partial charge is 0.182 e. The minimum absolute atomic E-state index is 0.0438. The Morgan fingerprint density at radius 2 is 2.19 bits per heavy atom. The third kappa shape index (κ3) is 1.92. The molecule has 0 aliphatic carbocycles. The Balaban J connectivity index is 2.64. The van der Waals surface area contributed by atoms with E-state index in [4.69, 9.17) is 11.6 Å². The van der Waals surface area contributed by atoms with Crippen molar-refractivity contribution in [2.45, 2.75) is 31.2 Å². The first kappa shape index (κ1) is 11.7. The fourth-order valence-electron chi connectivity index (χ4n) is 1.92. The van der Waals surface area contributed by atoms with E-state index < -0.39 is 9.84 Å². The predicted molar refractivity (Wildman–Crippen MR) is 65.9 cm³/mol. The number of hydrogen-bond donors (Lipinski definition) is 1. The number of nitrogens with one attached hydrogen (secondary N) is 1. The lowest BCUT2D eigenvalue weighted by Crippen LogP contribution is -2.33. The van der Waals surface area contributed by atoms with E-state index in [1.165, 1.54) is 0 Å². The largest absolute Gasteiger partial charge is 0.379 e. The van der Waals surface area contributed by atoms with E-state index in [0.29, 0.717) is 15.6 Å². The van der Waals surface area contributed by atoms with E-state index in [-0.39, 0.29) is 11.8 Å². The van der Waals surface area contributed by atoms with Gasteiger partial charge < -0.3 is 5.32 Å². The van der Waals surface area contributed by atoms with Gasteiger partial charge in [-0.25, -0.2) is 8.42 Å². The van der Waals surface area contributed by atoms with Crippen LogP contribution in [-0.2, 0) is 9.84 Å². The van der Waals surface area contributed by atoms with Crippen LogP contribution in [-0.4, -0.2) is 20.2 Å². The summed E-state index contributed by atoms with van der Waals surface area (Å²) in [7, 11) is -3.20. The van der Waals surface area contributed by atoms with Gasteiger partial charge >= 0.3 is 0 Å². The first-order chi connectivity index (χ1) is 7.44. The normalized spacial score (nSPS) is 22.3. The lowest BCUT2D eigenvalue weighted by molar-refractivity contribution is 0.583. The molecule has 0 fully saturated rings. The molecule has 88 valence electrons. The standard InChI is InChI=1S/C11H14ClNO2S/c1-3-8-6-16(14,15)10-5-7(2)4-9(12)11(10)13-8/h4-5,8,13H,3,6H2,1-2H3. The van der Waals surface area contributed by atoms with Gasteiger partial charge in [-0.15, -0.1) is 0 Å². The Morgan fingerprint density at radius 1 is 1.50 bits per heavy atom. The van der Waals surface area contributed by atoms with Crippen LogP contribution < -0.4 is 5.32 Å². The highest BCUT2D eigenvalue weighted by Crippen LogP contribution is 2.36. The number of anilines is 1. The molecule has 0 amide bonds. The molecule has 1 atom stereocenters. The van der Waals surface area contributed by atoms with Crippen molar-refractivity contribution in [1.29, 1.82) is 0 Å². The molecule has 2 rings (SSSR count). The topological polar surface area (TPSA) is 46.2 Å². The number of benzene rings is 1. The molecule has 3 nitrogen and oxygen atoms in total. The van der Waals surface area contributed by atoms with Crippen molar-refractivity contribution in [3.63, 3.8) is 0 Å². The van der Waals surface area contributed by atoms with Gasteiger partial charge in [-0.2, -0.15) is 0 Å². The van der Waals surface area contributed by atoms with E-state index in [1.807, 2.05) is 13.8 Å². The molecule has 1 aliphatic heterocycles. The predicted octanol–water partition coefficient (Wildman–Crippen LogP) is 2.63. The maximum atomic E-state index is 12.0. The maximum absolute atomic E-state index is 12.0. The lowest BCUT2D eigenvalue weighted by atomic mass is 10.2. The summed E-state index contributed by atoms with van der Waals surface area (Å²) in [6.07, 6.45) is 0.767. The van der Waals surface area contributed by atoms with Crippen LogP contribution in [0.25, 0.3) is 0 Å². The van der Waals surface area contributed by atoms with E-state index in [9.17, 15) is 8.42 Å². The summed E-state index contributed by atoms with van der Waals surface area (Å²) in [4.78, 5) is 0.335. The second kappa shape index (κ2) is 3.93. The fraction of sp³-hybridized carbons (Fsp3) is 0.455. The van der Waals surface area contributed by atoms with Crippen molar-refractivity contribution < 1.29 is 8.42 Å². The summed E-state index contributed by atoms with van der Waals surface area (Å²) in [6, 6.07) is 3.41. The summed E-state index contributed by atoms with van der Waals surface area (Å²) in [5.74, 6) is 0.149. The molecule has 1 aromatic carbocycles. The molecule has 0 saturated carbocycles. The van der Waals surface area contributed by atoms with Crippen LogP contribution in [0.5, 0.6) is 0 Å². The minimum Gasteiger partial charge on any atom is -0.379 e. The van der Waals surface area contributed by atoms with E-state index in [1.54, 1.807) is 12.1 Å². The van der Waals surface area contributed by atoms with Crippen LogP contribution >= 0.6 is 11.6 Å². The van der Waals surface area contributed by atoms with Crippen LogP contribution in [0.15, 0.2) is 17.0 Å². The van der Waals surface area contributed by atoms with Gasteiger partial charge in [-0.1, -0.05) is 18.5 Å². The number of sulfone groups is 1.